The van der Waals surface area contributed by atoms with Crippen molar-refractivity contribution in [2.45, 2.75) is 38.8 Å². The van der Waals surface area contributed by atoms with Crippen LogP contribution in [0.1, 0.15) is 25.8 Å². The molecule has 0 aromatic heterocycles. The molecule has 114 valence electrons. The third-order valence-electron chi connectivity index (χ3n) is 3.21. The van der Waals surface area contributed by atoms with Gasteiger partial charge in [0, 0.05) is 12.6 Å². The first-order valence-electron chi connectivity index (χ1n) is 7.27. The van der Waals surface area contributed by atoms with Gasteiger partial charge in [0.05, 0.1) is 0 Å². The first-order chi connectivity index (χ1) is 9.65. The van der Waals surface area contributed by atoms with Crippen molar-refractivity contribution in [1.82, 2.24) is 5.32 Å². The number of aliphatic hydroxyl groups is 1. The maximum absolute atomic E-state index is 9.92. The Morgan fingerprint density at radius 3 is 2.90 bits per heavy atom. The summed E-state index contributed by atoms with van der Waals surface area (Å²) < 4.78 is 5.63. The number of aliphatic hydroxyl groups excluding tert-OH is 1. The highest BCUT2D eigenvalue weighted by atomic mass is 32.2. The molecule has 2 unspecified atom stereocenters. The molecule has 0 bridgehead atoms. The number of hydrogen-bond acceptors (Lipinski definition) is 4. The van der Waals surface area contributed by atoms with Gasteiger partial charge < -0.3 is 15.2 Å². The SMILES string of the molecule is CCc1cccc(OCC(O)CNC(C)CCSC)c1. The largest absolute Gasteiger partial charge is 0.491 e. The summed E-state index contributed by atoms with van der Waals surface area (Å²) in [7, 11) is 0. The summed E-state index contributed by atoms with van der Waals surface area (Å²) >= 11 is 1.85. The summed E-state index contributed by atoms with van der Waals surface area (Å²) in [5, 5.41) is 13.3. The molecule has 0 amide bonds. The van der Waals surface area contributed by atoms with Crippen LogP contribution in [0.15, 0.2) is 24.3 Å². The monoisotopic (exact) mass is 297 g/mol. The highest BCUT2D eigenvalue weighted by Gasteiger charge is 2.08. The van der Waals surface area contributed by atoms with E-state index in [0.717, 1.165) is 24.3 Å². The van der Waals surface area contributed by atoms with E-state index >= 15 is 0 Å². The summed E-state index contributed by atoms with van der Waals surface area (Å²) in [5.74, 6) is 1.98. The molecule has 1 aromatic carbocycles. The molecule has 0 spiro atoms. The van der Waals surface area contributed by atoms with E-state index in [4.69, 9.17) is 4.74 Å². The second-order valence-electron chi connectivity index (χ2n) is 5.06. The molecule has 0 fully saturated rings. The molecule has 0 saturated heterocycles. The van der Waals surface area contributed by atoms with Crippen molar-refractivity contribution in [2.24, 2.45) is 0 Å². The second kappa shape index (κ2) is 10.1. The van der Waals surface area contributed by atoms with Gasteiger partial charge in [0.1, 0.15) is 18.5 Å². The van der Waals surface area contributed by atoms with Gasteiger partial charge in [-0.05, 0) is 49.5 Å². The number of rotatable bonds is 10. The minimum Gasteiger partial charge on any atom is -0.491 e. The maximum atomic E-state index is 9.92. The van der Waals surface area contributed by atoms with E-state index in [1.165, 1.54) is 5.56 Å². The molecule has 0 saturated carbocycles. The minimum atomic E-state index is -0.475. The Kier molecular flexibility index (Phi) is 8.74. The Morgan fingerprint density at radius 1 is 1.40 bits per heavy atom. The lowest BCUT2D eigenvalue weighted by Crippen LogP contribution is -2.36. The third-order valence-corrected chi connectivity index (χ3v) is 3.85. The molecular formula is C16H27NO2S. The summed E-state index contributed by atoms with van der Waals surface area (Å²) in [6.07, 6.45) is 3.75. The van der Waals surface area contributed by atoms with Crippen LogP contribution in [0.4, 0.5) is 0 Å². The van der Waals surface area contributed by atoms with Gasteiger partial charge in [-0.1, -0.05) is 19.1 Å². The fraction of sp³-hybridized carbons (Fsp3) is 0.625. The molecule has 1 rings (SSSR count). The normalized spacial score (nSPS) is 14.0. The van der Waals surface area contributed by atoms with Gasteiger partial charge in [-0.3, -0.25) is 0 Å². The second-order valence-corrected chi connectivity index (χ2v) is 6.04. The number of ether oxygens (including phenoxy) is 1. The van der Waals surface area contributed by atoms with E-state index < -0.39 is 6.10 Å². The lowest BCUT2D eigenvalue weighted by molar-refractivity contribution is 0.104. The topological polar surface area (TPSA) is 41.5 Å². The van der Waals surface area contributed by atoms with E-state index in [2.05, 4.69) is 31.5 Å². The lowest BCUT2D eigenvalue weighted by Gasteiger charge is -2.17. The molecular weight excluding hydrogens is 270 g/mol. The molecule has 0 heterocycles. The van der Waals surface area contributed by atoms with Gasteiger partial charge in [-0.15, -0.1) is 0 Å². The van der Waals surface area contributed by atoms with Crippen LogP contribution < -0.4 is 10.1 Å². The predicted octanol–water partition coefficient (Wildman–Crippen LogP) is 2.72. The summed E-state index contributed by atoms with van der Waals surface area (Å²) in [6, 6.07) is 8.46. The number of benzene rings is 1. The van der Waals surface area contributed by atoms with Crippen LogP contribution in [0.2, 0.25) is 0 Å². The Hall–Kier alpha value is -0.710. The lowest BCUT2D eigenvalue weighted by atomic mass is 10.2. The molecule has 0 aliphatic rings. The average molecular weight is 297 g/mol. The number of thioether (sulfide) groups is 1. The molecule has 0 radical (unpaired) electrons. The van der Waals surface area contributed by atoms with Crippen LogP contribution >= 0.6 is 11.8 Å². The molecule has 1 aromatic rings. The Morgan fingerprint density at radius 2 is 2.20 bits per heavy atom. The standard InChI is InChI=1S/C16H27NO2S/c1-4-14-6-5-7-16(10-14)19-12-15(18)11-17-13(2)8-9-20-3/h5-7,10,13,15,17-18H,4,8-9,11-12H2,1-3H3. The third kappa shape index (κ3) is 7.17. The van der Waals surface area contributed by atoms with Gasteiger partial charge >= 0.3 is 0 Å². The Balaban J connectivity index is 2.23. The van der Waals surface area contributed by atoms with E-state index in [-0.39, 0.29) is 0 Å². The van der Waals surface area contributed by atoms with Crippen LogP contribution in [0, 0.1) is 0 Å². The van der Waals surface area contributed by atoms with Crippen LogP contribution in [0.3, 0.4) is 0 Å². The highest BCUT2D eigenvalue weighted by molar-refractivity contribution is 7.98. The minimum absolute atomic E-state index is 0.329. The first-order valence-corrected chi connectivity index (χ1v) is 8.67. The molecule has 0 aliphatic carbocycles. The van der Waals surface area contributed by atoms with E-state index in [1.54, 1.807) is 0 Å². The molecule has 2 N–H and O–H groups in total. The molecule has 2 atom stereocenters. The zero-order valence-electron chi connectivity index (χ0n) is 12.8. The van der Waals surface area contributed by atoms with Crippen LogP contribution in [0.5, 0.6) is 5.75 Å². The van der Waals surface area contributed by atoms with Gasteiger partial charge in [-0.25, -0.2) is 0 Å². The molecule has 20 heavy (non-hydrogen) atoms. The van der Waals surface area contributed by atoms with Gasteiger partial charge in [0.25, 0.3) is 0 Å². The highest BCUT2D eigenvalue weighted by Crippen LogP contribution is 2.13. The van der Waals surface area contributed by atoms with Crippen molar-refractivity contribution >= 4 is 11.8 Å². The van der Waals surface area contributed by atoms with Crippen LogP contribution in [-0.4, -0.2) is 42.4 Å². The Bertz CT molecular complexity index is 373. The molecule has 3 nitrogen and oxygen atoms in total. The van der Waals surface area contributed by atoms with Gasteiger partial charge in [-0.2, -0.15) is 11.8 Å². The molecule has 4 heteroatoms. The van der Waals surface area contributed by atoms with Crippen molar-refractivity contribution in [3.8, 4) is 5.75 Å². The van der Waals surface area contributed by atoms with Gasteiger partial charge in [0.2, 0.25) is 0 Å². The smallest absolute Gasteiger partial charge is 0.119 e. The molecule has 0 aliphatic heterocycles. The zero-order chi connectivity index (χ0) is 14.8. The van der Waals surface area contributed by atoms with Crippen molar-refractivity contribution in [2.75, 3.05) is 25.2 Å². The van der Waals surface area contributed by atoms with Crippen LogP contribution in [0.25, 0.3) is 0 Å². The summed E-state index contributed by atoms with van der Waals surface area (Å²) in [5.41, 5.74) is 1.25. The fourth-order valence-corrected chi connectivity index (χ4v) is 2.43. The number of aryl methyl sites for hydroxylation is 1. The van der Waals surface area contributed by atoms with Gasteiger partial charge in [0.15, 0.2) is 0 Å². The quantitative estimate of drug-likeness (QED) is 0.697. The first kappa shape index (κ1) is 17.3. The van der Waals surface area contributed by atoms with Crippen molar-refractivity contribution in [1.29, 1.82) is 0 Å². The van der Waals surface area contributed by atoms with Crippen molar-refractivity contribution in [3.05, 3.63) is 29.8 Å². The number of nitrogens with one attached hydrogen (secondary N) is 1. The summed E-state index contributed by atoms with van der Waals surface area (Å²) in [4.78, 5) is 0. The summed E-state index contributed by atoms with van der Waals surface area (Å²) in [6.45, 7) is 5.17. The maximum Gasteiger partial charge on any atom is 0.119 e. The zero-order valence-corrected chi connectivity index (χ0v) is 13.6. The van der Waals surface area contributed by atoms with Crippen molar-refractivity contribution < 1.29 is 9.84 Å². The van der Waals surface area contributed by atoms with E-state index in [9.17, 15) is 5.11 Å². The fourth-order valence-electron chi connectivity index (χ4n) is 1.84. The Labute approximate surface area is 127 Å². The average Bonchev–Trinajstić information content (AvgIpc) is 2.49. The van der Waals surface area contributed by atoms with E-state index in [1.807, 2.05) is 30.0 Å². The number of hydrogen-bond donors (Lipinski definition) is 2. The van der Waals surface area contributed by atoms with Crippen LogP contribution in [-0.2, 0) is 6.42 Å². The van der Waals surface area contributed by atoms with Crippen molar-refractivity contribution in [3.63, 3.8) is 0 Å². The predicted molar refractivity (Wildman–Crippen MR) is 87.8 cm³/mol. The van der Waals surface area contributed by atoms with E-state index in [0.29, 0.717) is 19.2 Å².